The van der Waals surface area contributed by atoms with Crippen molar-refractivity contribution in [2.24, 2.45) is 0 Å². The predicted octanol–water partition coefficient (Wildman–Crippen LogP) is 2.80. The van der Waals surface area contributed by atoms with E-state index in [2.05, 4.69) is 55.1 Å². The maximum atomic E-state index is 11.9. The first kappa shape index (κ1) is 21.7. The average Bonchev–Trinajstić information content (AvgIpc) is 2.80. The number of piperazine rings is 1. The quantitative estimate of drug-likeness (QED) is 0.530. The van der Waals surface area contributed by atoms with E-state index in [1.54, 1.807) is 6.20 Å². The molecule has 1 saturated heterocycles. The highest BCUT2D eigenvalue weighted by Crippen LogP contribution is 2.23. The van der Waals surface area contributed by atoms with Crippen LogP contribution in [0.5, 0.6) is 0 Å². The van der Waals surface area contributed by atoms with Crippen molar-refractivity contribution in [2.75, 3.05) is 62.4 Å². The fourth-order valence-electron chi connectivity index (χ4n) is 3.60. The van der Waals surface area contributed by atoms with Crippen LogP contribution >= 0.6 is 0 Å². The molecule has 3 aromatic rings. The first-order chi connectivity index (χ1) is 15.6. The molecule has 3 N–H and O–H groups in total. The molecule has 166 valence electrons. The number of aromatic nitrogens is 2. The van der Waals surface area contributed by atoms with Gasteiger partial charge in [-0.1, -0.05) is 12.1 Å². The van der Waals surface area contributed by atoms with E-state index in [4.69, 9.17) is 0 Å². The molecule has 0 spiro atoms. The van der Waals surface area contributed by atoms with Gasteiger partial charge >= 0.3 is 0 Å². The van der Waals surface area contributed by atoms with Crippen LogP contribution < -0.4 is 20.9 Å². The van der Waals surface area contributed by atoms with Crippen molar-refractivity contribution in [1.82, 2.24) is 20.2 Å². The van der Waals surface area contributed by atoms with Gasteiger partial charge in [0.25, 0.3) is 0 Å². The highest BCUT2D eigenvalue weighted by molar-refractivity contribution is 5.92. The Morgan fingerprint density at radius 1 is 1.00 bits per heavy atom. The van der Waals surface area contributed by atoms with Gasteiger partial charge in [-0.05, 0) is 56.6 Å². The van der Waals surface area contributed by atoms with E-state index in [-0.39, 0.29) is 5.91 Å². The number of nitrogens with one attached hydrogen (secondary N) is 3. The van der Waals surface area contributed by atoms with Crippen LogP contribution in [-0.2, 0) is 4.79 Å². The van der Waals surface area contributed by atoms with Crippen LogP contribution in [0.15, 0.2) is 60.8 Å². The molecule has 1 aliphatic rings. The first-order valence-electron chi connectivity index (χ1n) is 10.8. The molecular formula is C24H29N7O. The fraction of sp³-hybridized carbons (Fsp3) is 0.292. The standard InChI is InChI=1S/C24H29N7O/c1-30(2)17-23(32)27-19-5-3-18(4-6-19)22-11-12-26-24(29-22)28-20-7-9-21(10-8-20)31-15-13-25-14-16-31/h3-12,25H,13-17H2,1-2H3,(H,27,32)(H,26,28,29). The Morgan fingerprint density at radius 3 is 2.38 bits per heavy atom. The number of amides is 1. The van der Waals surface area contributed by atoms with Crippen molar-refractivity contribution < 1.29 is 4.79 Å². The van der Waals surface area contributed by atoms with E-state index >= 15 is 0 Å². The van der Waals surface area contributed by atoms with Gasteiger partial charge in [0.2, 0.25) is 11.9 Å². The van der Waals surface area contributed by atoms with Crippen molar-refractivity contribution in [3.63, 3.8) is 0 Å². The van der Waals surface area contributed by atoms with Crippen molar-refractivity contribution in [3.05, 3.63) is 60.8 Å². The summed E-state index contributed by atoms with van der Waals surface area (Å²) in [4.78, 5) is 25.1. The molecule has 8 heteroatoms. The monoisotopic (exact) mass is 431 g/mol. The van der Waals surface area contributed by atoms with Crippen molar-refractivity contribution in [3.8, 4) is 11.3 Å². The molecule has 1 amide bonds. The third-order valence-corrected chi connectivity index (χ3v) is 5.19. The Bertz CT molecular complexity index is 1030. The molecule has 0 bridgehead atoms. The van der Waals surface area contributed by atoms with E-state index < -0.39 is 0 Å². The van der Waals surface area contributed by atoms with Gasteiger partial charge in [-0.25, -0.2) is 9.97 Å². The van der Waals surface area contributed by atoms with Crippen LogP contribution in [0, 0.1) is 0 Å². The lowest BCUT2D eigenvalue weighted by atomic mass is 10.1. The molecule has 0 aliphatic carbocycles. The lowest BCUT2D eigenvalue weighted by Gasteiger charge is -2.29. The molecule has 32 heavy (non-hydrogen) atoms. The van der Waals surface area contributed by atoms with Gasteiger partial charge in [-0.2, -0.15) is 0 Å². The summed E-state index contributed by atoms with van der Waals surface area (Å²) in [7, 11) is 3.73. The van der Waals surface area contributed by atoms with Crippen LogP contribution in [0.3, 0.4) is 0 Å². The molecule has 1 aromatic heterocycles. The predicted molar refractivity (Wildman–Crippen MR) is 129 cm³/mol. The van der Waals surface area contributed by atoms with E-state index in [1.165, 1.54) is 5.69 Å². The van der Waals surface area contributed by atoms with E-state index in [9.17, 15) is 4.79 Å². The topological polar surface area (TPSA) is 85.4 Å². The molecule has 0 radical (unpaired) electrons. The number of benzene rings is 2. The van der Waals surface area contributed by atoms with E-state index in [1.807, 2.05) is 49.3 Å². The zero-order valence-electron chi connectivity index (χ0n) is 18.5. The second kappa shape index (κ2) is 10.2. The van der Waals surface area contributed by atoms with Gasteiger partial charge in [0.15, 0.2) is 0 Å². The fourth-order valence-corrected chi connectivity index (χ4v) is 3.60. The van der Waals surface area contributed by atoms with Crippen molar-refractivity contribution >= 4 is 28.9 Å². The van der Waals surface area contributed by atoms with E-state index in [0.29, 0.717) is 12.5 Å². The summed E-state index contributed by atoms with van der Waals surface area (Å²) < 4.78 is 0. The Morgan fingerprint density at radius 2 is 1.69 bits per heavy atom. The summed E-state index contributed by atoms with van der Waals surface area (Å²) in [5.41, 5.74) is 4.70. The molecule has 2 aromatic carbocycles. The number of hydrogen-bond acceptors (Lipinski definition) is 7. The second-order valence-corrected chi connectivity index (χ2v) is 8.04. The molecule has 1 fully saturated rings. The van der Waals surface area contributed by atoms with Crippen LogP contribution in [0.4, 0.5) is 23.0 Å². The number of anilines is 4. The van der Waals surface area contributed by atoms with Crippen LogP contribution in [0.1, 0.15) is 0 Å². The van der Waals surface area contributed by atoms with E-state index in [0.717, 1.165) is 48.8 Å². The Balaban J connectivity index is 1.40. The molecule has 0 saturated carbocycles. The summed E-state index contributed by atoms with van der Waals surface area (Å²) in [5.74, 6) is 0.500. The largest absolute Gasteiger partial charge is 0.369 e. The molecule has 0 unspecified atom stereocenters. The maximum absolute atomic E-state index is 11.9. The zero-order chi connectivity index (χ0) is 22.3. The van der Waals surface area contributed by atoms with Gasteiger partial charge in [0, 0.05) is 55.0 Å². The highest BCUT2D eigenvalue weighted by atomic mass is 16.2. The van der Waals surface area contributed by atoms with Crippen LogP contribution in [0.2, 0.25) is 0 Å². The first-order valence-corrected chi connectivity index (χ1v) is 10.8. The minimum absolute atomic E-state index is 0.0424. The Labute approximate surface area is 188 Å². The molecular weight excluding hydrogens is 402 g/mol. The second-order valence-electron chi connectivity index (χ2n) is 8.04. The molecule has 8 nitrogen and oxygen atoms in total. The number of hydrogen-bond donors (Lipinski definition) is 3. The van der Waals surface area contributed by atoms with Crippen molar-refractivity contribution in [2.45, 2.75) is 0 Å². The van der Waals surface area contributed by atoms with Gasteiger partial charge in [0.05, 0.1) is 12.2 Å². The van der Waals surface area contributed by atoms with Gasteiger partial charge < -0.3 is 25.8 Å². The van der Waals surface area contributed by atoms with Gasteiger partial charge in [-0.15, -0.1) is 0 Å². The highest BCUT2D eigenvalue weighted by Gasteiger charge is 2.10. The number of likely N-dealkylation sites (N-methyl/N-ethyl adjacent to an activating group) is 1. The Kier molecular flexibility index (Phi) is 6.94. The number of rotatable bonds is 7. The summed E-state index contributed by atoms with van der Waals surface area (Å²) in [6.07, 6.45) is 1.74. The number of nitrogens with zero attached hydrogens (tertiary/aromatic N) is 4. The summed E-state index contributed by atoms with van der Waals surface area (Å²) in [6, 6.07) is 17.9. The number of carbonyl (C=O) groups excluding carboxylic acids is 1. The Hall–Kier alpha value is -3.49. The third kappa shape index (κ3) is 5.81. The lowest BCUT2D eigenvalue weighted by Crippen LogP contribution is -2.43. The summed E-state index contributed by atoms with van der Waals surface area (Å²) in [6.45, 7) is 4.43. The van der Waals surface area contributed by atoms with Gasteiger partial charge in [0.1, 0.15) is 0 Å². The summed E-state index contributed by atoms with van der Waals surface area (Å²) >= 11 is 0. The third-order valence-electron chi connectivity index (χ3n) is 5.19. The smallest absolute Gasteiger partial charge is 0.238 e. The van der Waals surface area contributed by atoms with Gasteiger partial charge in [-0.3, -0.25) is 4.79 Å². The summed E-state index contributed by atoms with van der Waals surface area (Å²) in [5, 5.41) is 9.55. The number of carbonyl (C=O) groups is 1. The molecule has 1 aliphatic heterocycles. The lowest BCUT2D eigenvalue weighted by molar-refractivity contribution is -0.116. The molecule has 0 atom stereocenters. The minimum atomic E-state index is -0.0424. The van der Waals surface area contributed by atoms with Crippen LogP contribution in [0.25, 0.3) is 11.3 Å². The maximum Gasteiger partial charge on any atom is 0.238 e. The minimum Gasteiger partial charge on any atom is -0.369 e. The molecule has 2 heterocycles. The van der Waals surface area contributed by atoms with Crippen LogP contribution in [-0.4, -0.2) is 67.6 Å². The molecule has 4 rings (SSSR count). The SMILES string of the molecule is CN(C)CC(=O)Nc1ccc(-c2ccnc(Nc3ccc(N4CCNCC4)cc3)n2)cc1. The average molecular weight is 432 g/mol. The zero-order valence-corrected chi connectivity index (χ0v) is 18.5. The normalized spacial score (nSPS) is 13.8. The van der Waals surface area contributed by atoms with Crippen molar-refractivity contribution in [1.29, 1.82) is 0 Å².